The summed E-state index contributed by atoms with van der Waals surface area (Å²) in [6, 6.07) is 24.5. The molecule has 0 radical (unpaired) electrons. The van der Waals surface area contributed by atoms with Crippen LogP contribution in [0.1, 0.15) is 35.7 Å². The fourth-order valence-electron chi connectivity index (χ4n) is 5.71. The highest BCUT2D eigenvalue weighted by atomic mass is 15.2. The summed E-state index contributed by atoms with van der Waals surface area (Å²) in [6.45, 7) is 0.842. The van der Waals surface area contributed by atoms with Crippen molar-refractivity contribution in [2.75, 3.05) is 0 Å². The van der Waals surface area contributed by atoms with Crippen LogP contribution in [0.15, 0.2) is 54.6 Å². The molecule has 4 heteroatoms. The van der Waals surface area contributed by atoms with Crippen molar-refractivity contribution in [3.63, 3.8) is 0 Å². The summed E-state index contributed by atoms with van der Waals surface area (Å²) in [5.41, 5.74) is 5.31. The molecule has 1 unspecified atom stereocenters. The molecule has 0 amide bonds. The molecule has 5 rings (SSSR count). The van der Waals surface area contributed by atoms with Gasteiger partial charge in [-0.2, -0.15) is 10.5 Å². The molecule has 0 N–H and O–H groups in total. The highest BCUT2D eigenvalue weighted by Crippen LogP contribution is 2.50. The molecule has 3 heterocycles. The second-order valence-corrected chi connectivity index (χ2v) is 8.40. The summed E-state index contributed by atoms with van der Waals surface area (Å²) in [4.78, 5) is 2.54. The Bertz CT molecular complexity index is 1130. The lowest BCUT2D eigenvalue weighted by Gasteiger charge is -2.51. The van der Waals surface area contributed by atoms with E-state index in [1.807, 2.05) is 6.07 Å². The Balaban J connectivity index is 1.66. The van der Waals surface area contributed by atoms with Crippen LogP contribution in [0, 0.1) is 34.5 Å². The summed E-state index contributed by atoms with van der Waals surface area (Å²) in [7, 11) is 2.16. The maximum absolute atomic E-state index is 10.1. The van der Waals surface area contributed by atoms with Crippen LogP contribution in [0.2, 0.25) is 0 Å². The monoisotopic (exact) mass is 380 g/mol. The number of piperidine rings is 1. The first-order valence-electron chi connectivity index (χ1n) is 10.3. The van der Waals surface area contributed by atoms with Crippen molar-refractivity contribution in [2.24, 2.45) is 18.9 Å². The van der Waals surface area contributed by atoms with Crippen molar-refractivity contribution in [1.82, 2.24) is 9.47 Å². The van der Waals surface area contributed by atoms with Crippen LogP contribution in [-0.4, -0.2) is 15.5 Å². The minimum absolute atomic E-state index is 0.110. The predicted molar refractivity (Wildman–Crippen MR) is 113 cm³/mol. The minimum atomic E-state index is -0.110. The van der Waals surface area contributed by atoms with Gasteiger partial charge in [0, 0.05) is 42.7 Å². The van der Waals surface area contributed by atoms with Gasteiger partial charge in [-0.3, -0.25) is 4.90 Å². The molecule has 1 saturated heterocycles. The van der Waals surface area contributed by atoms with E-state index in [1.54, 1.807) is 0 Å². The molecule has 2 aliphatic heterocycles. The fourth-order valence-corrected chi connectivity index (χ4v) is 5.71. The number of rotatable bonds is 3. The number of benzene rings is 2. The quantitative estimate of drug-likeness (QED) is 0.661. The van der Waals surface area contributed by atoms with Gasteiger partial charge in [0.15, 0.2) is 0 Å². The molecular weight excluding hydrogens is 356 g/mol. The van der Waals surface area contributed by atoms with E-state index in [0.29, 0.717) is 6.42 Å². The van der Waals surface area contributed by atoms with Gasteiger partial charge in [0.2, 0.25) is 0 Å². The summed E-state index contributed by atoms with van der Waals surface area (Å²) >= 11 is 0. The summed E-state index contributed by atoms with van der Waals surface area (Å²) in [6.07, 6.45) is 2.20. The summed E-state index contributed by atoms with van der Waals surface area (Å²) in [5.74, 6) is 0.0277. The lowest BCUT2D eigenvalue weighted by atomic mass is 9.69. The molecule has 3 aromatic rings. The molecule has 4 atom stereocenters. The van der Waals surface area contributed by atoms with Crippen LogP contribution in [0.25, 0.3) is 10.9 Å². The maximum Gasteiger partial charge on any atom is 0.0675 e. The molecule has 0 saturated carbocycles. The Labute approximate surface area is 171 Å². The van der Waals surface area contributed by atoms with Gasteiger partial charge in [0.05, 0.1) is 24.1 Å². The zero-order valence-corrected chi connectivity index (χ0v) is 16.6. The smallest absolute Gasteiger partial charge is 0.0675 e. The second kappa shape index (κ2) is 7.07. The van der Waals surface area contributed by atoms with E-state index in [2.05, 4.69) is 77.2 Å². The largest absolute Gasteiger partial charge is 0.346 e. The lowest BCUT2D eigenvalue weighted by Crippen LogP contribution is -2.53. The highest BCUT2D eigenvalue weighted by molar-refractivity contribution is 5.86. The van der Waals surface area contributed by atoms with Crippen molar-refractivity contribution in [2.45, 2.75) is 37.9 Å². The first-order chi connectivity index (χ1) is 14.2. The number of hydrogen-bond acceptors (Lipinski definition) is 3. The van der Waals surface area contributed by atoms with Crippen LogP contribution in [0.4, 0.5) is 0 Å². The Hall–Kier alpha value is -3.08. The average Bonchev–Trinajstić information content (AvgIpc) is 3.02. The molecule has 0 aliphatic carbocycles. The van der Waals surface area contributed by atoms with Gasteiger partial charge in [0.1, 0.15) is 0 Å². The summed E-state index contributed by atoms with van der Waals surface area (Å²) < 4.78 is 2.35. The fraction of sp³-hybridized carbons (Fsp3) is 0.360. The number of aromatic nitrogens is 1. The number of aryl methyl sites for hydroxylation is 1. The van der Waals surface area contributed by atoms with E-state index in [1.165, 1.54) is 27.7 Å². The van der Waals surface area contributed by atoms with Crippen molar-refractivity contribution in [1.29, 1.82) is 10.5 Å². The van der Waals surface area contributed by atoms with Gasteiger partial charge >= 0.3 is 0 Å². The highest BCUT2D eigenvalue weighted by Gasteiger charge is 2.48. The van der Waals surface area contributed by atoms with Crippen LogP contribution < -0.4 is 0 Å². The van der Waals surface area contributed by atoms with Crippen LogP contribution >= 0.6 is 0 Å². The van der Waals surface area contributed by atoms with E-state index in [9.17, 15) is 10.5 Å². The maximum atomic E-state index is 10.1. The Morgan fingerprint density at radius 1 is 1.03 bits per heavy atom. The van der Waals surface area contributed by atoms with E-state index in [0.717, 1.165) is 19.4 Å². The van der Waals surface area contributed by atoms with Crippen molar-refractivity contribution in [3.05, 3.63) is 71.4 Å². The zero-order chi connectivity index (χ0) is 20.0. The molecule has 144 valence electrons. The second-order valence-electron chi connectivity index (χ2n) is 8.40. The number of para-hydroxylation sites is 1. The van der Waals surface area contributed by atoms with Gasteiger partial charge in [-0.1, -0.05) is 48.5 Å². The average molecular weight is 380 g/mol. The molecule has 0 spiro atoms. The molecule has 2 bridgehead atoms. The Morgan fingerprint density at radius 3 is 2.55 bits per heavy atom. The SMILES string of the molecule is Cn1c2c(c3ccccc31)C[C@H]1[C@@H](C#N)C(CC#N)C[C@@H]2N1Cc1ccccc1. The third-order valence-corrected chi connectivity index (χ3v) is 6.98. The third-order valence-electron chi connectivity index (χ3n) is 6.98. The van der Waals surface area contributed by atoms with Crippen LogP contribution in [0.5, 0.6) is 0 Å². The van der Waals surface area contributed by atoms with E-state index >= 15 is 0 Å². The van der Waals surface area contributed by atoms with E-state index in [-0.39, 0.29) is 23.9 Å². The Morgan fingerprint density at radius 2 is 1.79 bits per heavy atom. The molecule has 1 fully saturated rings. The van der Waals surface area contributed by atoms with Crippen LogP contribution in [-0.2, 0) is 20.0 Å². The standard InChI is InChI=1S/C25H24N4/c1-28-22-10-6-5-9-19(22)20-14-23-21(15-27)18(11-12-26)13-24(25(20)28)29(23)16-17-7-3-2-4-8-17/h2-10,18,21,23-24H,11,13-14,16H2,1H3/t18?,21-,23-,24-/m0/s1. The molecule has 2 aliphatic rings. The number of fused-ring (bicyclic) bond motifs is 6. The predicted octanol–water partition coefficient (Wildman–Crippen LogP) is 4.72. The van der Waals surface area contributed by atoms with Gasteiger partial charge < -0.3 is 4.57 Å². The van der Waals surface area contributed by atoms with Crippen LogP contribution in [0.3, 0.4) is 0 Å². The zero-order valence-electron chi connectivity index (χ0n) is 16.6. The van der Waals surface area contributed by atoms with Crippen molar-refractivity contribution >= 4 is 10.9 Å². The summed E-state index contributed by atoms with van der Waals surface area (Å²) in [5, 5.41) is 20.8. The minimum Gasteiger partial charge on any atom is -0.346 e. The van der Waals surface area contributed by atoms with Gasteiger partial charge in [-0.25, -0.2) is 0 Å². The van der Waals surface area contributed by atoms with Crippen molar-refractivity contribution in [3.8, 4) is 12.1 Å². The number of nitrogens with zero attached hydrogens (tertiary/aromatic N) is 4. The number of hydrogen-bond donors (Lipinski definition) is 0. The molecule has 29 heavy (non-hydrogen) atoms. The third kappa shape index (κ3) is 2.76. The molecule has 1 aromatic heterocycles. The number of nitriles is 2. The normalized spacial score (nSPS) is 25.9. The van der Waals surface area contributed by atoms with Gasteiger partial charge in [-0.05, 0) is 36.0 Å². The molecule has 2 aromatic carbocycles. The first kappa shape index (κ1) is 18.0. The molecular formula is C25H24N4. The van der Waals surface area contributed by atoms with E-state index in [4.69, 9.17) is 0 Å². The van der Waals surface area contributed by atoms with Crippen molar-refractivity contribution < 1.29 is 0 Å². The molecule has 4 nitrogen and oxygen atoms in total. The van der Waals surface area contributed by atoms with Gasteiger partial charge in [-0.15, -0.1) is 0 Å². The first-order valence-corrected chi connectivity index (χ1v) is 10.3. The lowest BCUT2D eigenvalue weighted by molar-refractivity contribution is 0.00117. The van der Waals surface area contributed by atoms with Gasteiger partial charge in [0.25, 0.3) is 0 Å². The topological polar surface area (TPSA) is 55.8 Å². The Kier molecular flexibility index (Phi) is 4.38. The van der Waals surface area contributed by atoms with E-state index < -0.39 is 0 Å².